The van der Waals surface area contributed by atoms with Gasteiger partial charge in [0.15, 0.2) is 0 Å². The Balaban J connectivity index is 1.60. The van der Waals surface area contributed by atoms with E-state index in [4.69, 9.17) is 11.6 Å². The smallest absolute Gasteiger partial charge is 0.251 e. The summed E-state index contributed by atoms with van der Waals surface area (Å²) in [5.41, 5.74) is 3.22. The molecule has 2 aliphatic rings. The molecule has 23 heavy (non-hydrogen) atoms. The Bertz CT molecular complexity index is 731. The van der Waals surface area contributed by atoms with Crippen molar-refractivity contribution in [3.05, 3.63) is 70.2 Å². The van der Waals surface area contributed by atoms with Crippen LogP contribution in [0, 0.1) is 5.92 Å². The molecule has 4 heteroatoms. The fraction of sp³-hybridized carbons (Fsp3) is 0.316. The highest BCUT2D eigenvalue weighted by Gasteiger charge is 2.37. The third-order valence-electron chi connectivity index (χ3n) is 4.95. The van der Waals surface area contributed by atoms with Gasteiger partial charge in [-0.3, -0.25) is 9.69 Å². The zero-order valence-electron chi connectivity index (χ0n) is 12.8. The lowest BCUT2D eigenvalue weighted by Gasteiger charge is -2.17. The highest BCUT2D eigenvalue weighted by atomic mass is 35.5. The molecule has 0 radical (unpaired) electrons. The number of carbonyl (C=O) groups excluding carboxylic acids is 1. The Morgan fingerprint density at radius 2 is 1.96 bits per heavy atom. The Hall–Kier alpha value is -1.84. The Morgan fingerprint density at radius 1 is 1.13 bits per heavy atom. The second-order valence-electron chi connectivity index (χ2n) is 6.49. The predicted molar refractivity (Wildman–Crippen MR) is 91.7 cm³/mol. The molecule has 118 valence electrons. The maximum absolute atomic E-state index is 12.3. The van der Waals surface area contributed by atoms with E-state index in [-0.39, 0.29) is 5.91 Å². The molecule has 0 spiro atoms. The molecule has 0 bridgehead atoms. The molecule has 2 aromatic carbocycles. The summed E-state index contributed by atoms with van der Waals surface area (Å²) in [5.74, 6) is 0.863. The van der Waals surface area contributed by atoms with Crippen LogP contribution in [-0.4, -0.2) is 30.4 Å². The lowest BCUT2D eigenvalue weighted by Crippen LogP contribution is -2.29. The van der Waals surface area contributed by atoms with Crippen molar-refractivity contribution in [3.8, 4) is 0 Å². The molecule has 1 fully saturated rings. The molecule has 1 saturated heterocycles. The number of fused-ring (bicyclic) bond motifs is 3. The minimum absolute atomic E-state index is 0.00603. The first-order valence-corrected chi connectivity index (χ1v) is 8.42. The number of likely N-dealkylation sites (tertiary alicyclic amines) is 1. The van der Waals surface area contributed by atoms with Crippen molar-refractivity contribution in [2.75, 3.05) is 19.6 Å². The molecule has 2 aromatic rings. The molecule has 4 rings (SSSR count). The molecule has 0 aliphatic carbocycles. The largest absolute Gasteiger partial charge is 0.352 e. The van der Waals surface area contributed by atoms with Crippen molar-refractivity contribution in [2.24, 2.45) is 5.92 Å². The van der Waals surface area contributed by atoms with Gasteiger partial charge in [-0.15, -0.1) is 0 Å². The summed E-state index contributed by atoms with van der Waals surface area (Å²) in [6, 6.07) is 16.3. The van der Waals surface area contributed by atoms with E-state index in [9.17, 15) is 4.79 Å². The van der Waals surface area contributed by atoms with Crippen LogP contribution in [0.4, 0.5) is 0 Å². The Kier molecular flexibility index (Phi) is 3.83. The van der Waals surface area contributed by atoms with E-state index in [1.165, 1.54) is 5.56 Å². The van der Waals surface area contributed by atoms with E-state index < -0.39 is 0 Å². The fourth-order valence-corrected chi connectivity index (χ4v) is 4.03. The Labute approximate surface area is 141 Å². The summed E-state index contributed by atoms with van der Waals surface area (Å²) in [5, 5.41) is 3.68. The zero-order valence-corrected chi connectivity index (χ0v) is 13.6. The van der Waals surface area contributed by atoms with Crippen molar-refractivity contribution in [1.29, 1.82) is 0 Å². The molecule has 1 N–H and O–H groups in total. The summed E-state index contributed by atoms with van der Waals surface area (Å²) in [7, 11) is 0. The summed E-state index contributed by atoms with van der Waals surface area (Å²) in [6.07, 6.45) is 0. The van der Waals surface area contributed by atoms with Gasteiger partial charge < -0.3 is 5.32 Å². The van der Waals surface area contributed by atoms with E-state index in [2.05, 4.69) is 34.5 Å². The molecular formula is C19H19ClN2O. The number of benzene rings is 2. The number of hydrogen-bond acceptors (Lipinski definition) is 2. The molecule has 1 amide bonds. The quantitative estimate of drug-likeness (QED) is 0.918. The number of hydrogen-bond donors (Lipinski definition) is 1. The average molecular weight is 327 g/mol. The minimum Gasteiger partial charge on any atom is -0.352 e. The first-order chi connectivity index (χ1) is 11.2. The van der Waals surface area contributed by atoms with Crippen LogP contribution in [0.2, 0.25) is 5.02 Å². The van der Waals surface area contributed by atoms with Gasteiger partial charge in [-0.25, -0.2) is 0 Å². The average Bonchev–Trinajstić information content (AvgIpc) is 2.91. The topological polar surface area (TPSA) is 32.3 Å². The van der Waals surface area contributed by atoms with Gasteiger partial charge in [0.25, 0.3) is 5.91 Å². The lowest BCUT2D eigenvalue weighted by atomic mass is 9.87. The predicted octanol–water partition coefficient (Wildman–Crippen LogP) is 3.30. The molecule has 2 aliphatic heterocycles. The second-order valence-corrected chi connectivity index (χ2v) is 6.92. The van der Waals surface area contributed by atoms with Crippen LogP contribution in [0.3, 0.4) is 0 Å². The molecule has 0 unspecified atom stereocenters. The number of nitrogens with zero attached hydrogens (tertiary/aromatic N) is 1. The van der Waals surface area contributed by atoms with Crippen LogP contribution in [0.25, 0.3) is 0 Å². The van der Waals surface area contributed by atoms with E-state index in [0.29, 0.717) is 16.9 Å². The normalized spacial score (nSPS) is 23.8. The molecule has 3 nitrogen and oxygen atoms in total. The maximum atomic E-state index is 12.3. The van der Waals surface area contributed by atoms with Crippen molar-refractivity contribution in [3.63, 3.8) is 0 Å². The van der Waals surface area contributed by atoms with Gasteiger partial charge in [-0.1, -0.05) is 48.0 Å². The van der Waals surface area contributed by atoms with Crippen LogP contribution in [0.1, 0.15) is 27.4 Å². The lowest BCUT2D eigenvalue weighted by molar-refractivity contribution is 0.0951. The summed E-state index contributed by atoms with van der Waals surface area (Å²) < 4.78 is 0. The molecule has 0 aromatic heterocycles. The number of nitrogens with one attached hydrogen (secondary N) is 1. The number of halogens is 1. The number of rotatable bonds is 2. The summed E-state index contributed by atoms with van der Waals surface area (Å²) in [4.78, 5) is 14.8. The summed E-state index contributed by atoms with van der Waals surface area (Å²) in [6.45, 7) is 3.71. The SMILES string of the molecule is O=C1NC[C@@H]2CN(Cc3ccccc3)C[C@H]2c2ccc(Cl)cc21. The van der Waals surface area contributed by atoms with E-state index in [1.807, 2.05) is 18.2 Å². The summed E-state index contributed by atoms with van der Waals surface area (Å²) >= 11 is 6.08. The standard InChI is InChI=1S/C19H19ClN2O/c20-15-6-7-16-17(8-15)19(23)21-9-14-11-22(12-18(14)16)10-13-4-2-1-3-5-13/h1-8,14,18H,9-12H2,(H,21,23)/t14-,18-/m1/s1. The molecule has 2 atom stereocenters. The molecular weight excluding hydrogens is 308 g/mol. The van der Waals surface area contributed by atoms with Gasteiger partial charge >= 0.3 is 0 Å². The van der Waals surface area contributed by atoms with Crippen LogP contribution in [0.5, 0.6) is 0 Å². The first kappa shape index (κ1) is 14.7. The highest BCUT2D eigenvalue weighted by molar-refractivity contribution is 6.31. The molecule has 2 heterocycles. The highest BCUT2D eigenvalue weighted by Crippen LogP contribution is 2.37. The van der Waals surface area contributed by atoms with Gasteiger partial charge in [-0.2, -0.15) is 0 Å². The molecule has 0 saturated carbocycles. The first-order valence-electron chi connectivity index (χ1n) is 8.04. The van der Waals surface area contributed by atoms with Crippen LogP contribution in [-0.2, 0) is 6.54 Å². The van der Waals surface area contributed by atoms with E-state index in [0.717, 1.165) is 37.3 Å². The second kappa shape index (κ2) is 5.99. The third-order valence-corrected chi connectivity index (χ3v) is 5.18. The van der Waals surface area contributed by atoms with Gasteiger partial charge in [0.1, 0.15) is 0 Å². The van der Waals surface area contributed by atoms with Crippen molar-refractivity contribution in [2.45, 2.75) is 12.5 Å². The van der Waals surface area contributed by atoms with Gasteiger partial charge in [-0.05, 0) is 29.2 Å². The third kappa shape index (κ3) is 2.87. The van der Waals surface area contributed by atoms with E-state index >= 15 is 0 Å². The fourth-order valence-electron chi connectivity index (χ4n) is 3.86. The maximum Gasteiger partial charge on any atom is 0.251 e. The number of amides is 1. The zero-order chi connectivity index (χ0) is 15.8. The van der Waals surface area contributed by atoms with Crippen molar-refractivity contribution >= 4 is 17.5 Å². The van der Waals surface area contributed by atoms with Gasteiger partial charge in [0.2, 0.25) is 0 Å². The van der Waals surface area contributed by atoms with Crippen LogP contribution >= 0.6 is 11.6 Å². The van der Waals surface area contributed by atoms with Crippen LogP contribution in [0.15, 0.2) is 48.5 Å². The van der Waals surface area contributed by atoms with Gasteiger partial charge in [0, 0.05) is 42.7 Å². The van der Waals surface area contributed by atoms with E-state index in [1.54, 1.807) is 6.07 Å². The van der Waals surface area contributed by atoms with Crippen LogP contribution < -0.4 is 5.32 Å². The number of carbonyl (C=O) groups is 1. The monoisotopic (exact) mass is 326 g/mol. The van der Waals surface area contributed by atoms with Gasteiger partial charge in [0.05, 0.1) is 0 Å². The minimum atomic E-state index is 0.00603. The van der Waals surface area contributed by atoms with Crippen molar-refractivity contribution in [1.82, 2.24) is 10.2 Å². The Morgan fingerprint density at radius 3 is 2.78 bits per heavy atom. The van der Waals surface area contributed by atoms with Crippen molar-refractivity contribution < 1.29 is 4.79 Å².